The van der Waals surface area contributed by atoms with Crippen LogP contribution >= 0.6 is 0 Å². The van der Waals surface area contributed by atoms with Gasteiger partial charge in [-0.2, -0.15) is 5.10 Å². The van der Waals surface area contributed by atoms with Crippen molar-refractivity contribution in [3.8, 4) is 11.5 Å². The lowest BCUT2D eigenvalue weighted by molar-refractivity contribution is -0.123. The molecule has 5 nitrogen and oxygen atoms in total. The van der Waals surface area contributed by atoms with Crippen molar-refractivity contribution in [1.82, 2.24) is 5.43 Å². The summed E-state index contributed by atoms with van der Waals surface area (Å²) in [6.07, 6.45) is 1.58. The first-order chi connectivity index (χ1) is 14.1. The Bertz CT molecular complexity index is 967. The summed E-state index contributed by atoms with van der Waals surface area (Å²) in [5.41, 5.74) is 6.51. The number of hydrogen-bond donors (Lipinski definition) is 1. The predicted octanol–water partition coefficient (Wildman–Crippen LogP) is 4.41. The summed E-state index contributed by atoms with van der Waals surface area (Å²) in [7, 11) is 0. The Hall–Kier alpha value is -3.60. The van der Waals surface area contributed by atoms with Crippen LogP contribution in [0.3, 0.4) is 0 Å². The number of nitrogens with zero attached hydrogens (tertiary/aromatic N) is 1. The van der Waals surface area contributed by atoms with Crippen LogP contribution in [0.25, 0.3) is 0 Å². The van der Waals surface area contributed by atoms with Gasteiger partial charge in [-0.05, 0) is 66.4 Å². The lowest BCUT2D eigenvalue weighted by Crippen LogP contribution is -2.24. The van der Waals surface area contributed by atoms with E-state index in [1.807, 2.05) is 86.6 Å². The molecule has 5 heteroatoms. The number of carbonyl (C=O) groups is 1. The normalized spacial score (nSPS) is 10.7. The van der Waals surface area contributed by atoms with E-state index >= 15 is 0 Å². The lowest BCUT2D eigenvalue weighted by atomic mass is 10.1. The molecule has 0 saturated carbocycles. The Morgan fingerprint density at radius 3 is 2.48 bits per heavy atom. The van der Waals surface area contributed by atoms with Crippen molar-refractivity contribution in [3.63, 3.8) is 0 Å². The minimum atomic E-state index is -0.315. The van der Waals surface area contributed by atoms with Gasteiger partial charge in [0.25, 0.3) is 5.91 Å². The average Bonchev–Trinajstić information content (AvgIpc) is 2.74. The number of carbonyl (C=O) groups excluding carboxylic acids is 1. The van der Waals surface area contributed by atoms with Gasteiger partial charge < -0.3 is 9.47 Å². The molecule has 1 amide bonds. The highest BCUT2D eigenvalue weighted by atomic mass is 16.5. The SMILES string of the molecule is Cc1ccc(C)c(OCC(=O)NN=Cc2ccc(OCc3ccccc3)cc2)c1. The van der Waals surface area contributed by atoms with Crippen LogP contribution < -0.4 is 14.9 Å². The summed E-state index contributed by atoms with van der Waals surface area (Å²) in [4.78, 5) is 11.9. The summed E-state index contributed by atoms with van der Waals surface area (Å²) in [6, 6.07) is 23.4. The molecule has 0 heterocycles. The monoisotopic (exact) mass is 388 g/mol. The molecule has 0 radical (unpaired) electrons. The maximum Gasteiger partial charge on any atom is 0.277 e. The topological polar surface area (TPSA) is 59.9 Å². The second-order valence-corrected chi connectivity index (χ2v) is 6.69. The third kappa shape index (κ3) is 6.50. The van der Waals surface area contributed by atoms with Crippen molar-refractivity contribution in [3.05, 3.63) is 95.1 Å². The Kier molecular flexibility index (Phi) is 7.00. The van der Waals surface area contributed by atoms with Crippen LogP contribution in [-0.2, 0) is 11.4 Å². The van der Waals surface area contributed by atoms with E-state index in [2.05, 4.69) is 10.5 Å². The molecule has 3 aromatic carbocycles. The summed E-state index contributed by atoms with van der Waals surface area (Å²) in [6.45, 7) is 4.35. The molecule has 0 aliphatic heterocycles. The predicted molar refractivity (Wildman–Crippen MR) is 114 cm³/mol. The fourth-order valence-electron chi connectivity index (χ4n) is 2.61. The van der Waals surface area contributed by atoms with Crippen molar-refractivity contribution in [2.24, 2.45) is 5.10 Å². The fraction of sp³-hybridized carbons (Fsp3) is 0.167. The zero-order valence-electron chi connectivity index (χ0n) is 16.6. The quantitative estimate of drug-likeness (QED) is 0.459. The van der Waals surface area contributed by atoms with Crippen LogP contribution in [0.2, 0.25) is 0 Å². The molecule has 1 N–H and O–H groups in total. The summed E-state index contributed by atoms with van der Waals surface area (Å²) in [5.74, 6) is 1.16. The molecule has 0 aliphatic carbocycles. The van der Waals surface area contributed by atoms with Gasteiger partial charge in [0.2, 0.25) is 0 Å². The van der Waals surface area contributed by atoms with Crippen LogP contribution in [0.1, 0.15) is 22.3 Å². The van der Waals surface area contributed by atoms with Crippen LogP contribution in [0.5, 0.6) is 11.5 Å². The maximum absolute atomic E-state index is 11.9. The zero-order chi connectivity index (χ0) is 20.5. The molecule has 0 atom stereocenters. The highest BCUT2D eigenvalue weighted by molar-refractivity contribution is 5.83. The molecule has 0 unspecified atom stereocenters. The molecule has 0 bridgehead atoms. The zero-order valence-corrected chi connectivity index (χ0v) is 16.6. The molecular weight excluding hydrogens is 364 g/mol. The minimum Gasteiger partial charge on any atom is -0.489 e. The number of amides is 1. The Morgan fingerprint density at radius 2 is 1.72 bits per heavy atom. The van der Waals surface area contributed by atoms with Gasteiger partial charge in [-0.1, -0.05) is 42.5 Å². The van der Waals surface area contributed by atoms with Crippen molar-refractivity contribution in [2.45, 2.75) is 20.5 Å². The van der Waals surface area contributed by atoms with Gasteiger partial charge in [-0.25, -0.2) is 5.43 Å². The van der Waals surface area contributed by atoms with Crippen molar-refractivity contribution >= 4 is 12.1 Å². The average molecular weight is 388 g/mol. The third-order valence-electron chi connectivity index (χ3n) is 4.23. The number of hydrogen-bond acceptors (Lipinski definition) is 4. The van der Waals surface area contributed by atoms with Gasteiger partial charge in [-0.3, -0.25) is 4.79 Å². The van der Waals surface area contributed by atoms with E-state index in [-0.39, 0.29) is 12.5 Å². The van der Waals surface area contributed by atoms with E-state index in [1.54, 1.807) is 6.21 Å². The first kappa shape index (κ1) is 20.1. The Labute approximate surface area is 171 Å². The van der Waals surface area contributed by atoms with Gasteiger partial charge in [0.05, 0.1) is 6.21 Å². The number of nitrogens with one attached hydrogen (secondary N) is 1. The number of aryl methyl sites for hydroxylation is 2. The third-order valence-corrected chi connectivity index (χ3v) is 4.23. The largest absolute Gasteiger partial charge is 0.489 e. The molecule has 148 valence electrons. The molecule has 3 aromatic rings. The van der Waals surface area contributed by atoms with Crippen LogP contribution in [-0.4, -0.2) is 18.7 Å². The Morgan fingerprint density at radius 1 is 0.966 bits per heavy atom. The number of rotatable bonds is 8. The van der Waals surface area contributed by atoms with Gasteiger partial charge >= 0.3 is 0 Å². The van der Waals surface area contributed by atoms with Crippen LogP contribution in [0, 0.1) is 13.8 Å². The second-order valence-electron chi connectivity index (χ2n) is 6.69. The molecule has 0 saturated heterocycles. The molecule has 0 aliphatic rings. The van der Waals surface area contributed by atoms with E-state index in [4.69, 9.17) is 9.47 Å². The van der Waals surface area contributed by atoms with Crippen molar-refractivity contribution in [1.29, 1.82) is 0 Å². The first-order valence-electron chi connectivity index (χ1n) is 9.39. The first-order valence-corrected chi connectivity index (χ1v) is 9.39. The molecule has 0 fully saturated rings. The molecule has 29 heavy (non-hydrogen) atoms. The molecule has 3 rings (SSSR count). The molecular formula is C24H24N2O3. The van der Waals surface area contributed by atoms with Crippen LogP contribution in [0.15, 0.2) is 77.9 Å². The molecule has 0 spiro atoms. The standard InChI is InChI=1S/C24H24N2O3/c1-18-8-9-19(2)23(14-18)29-17-24(27)26-25-15-20-10-12-22(13-11-20)28-16-21-6-4-3-5-7-21/h3-15H,16-17H2,1-2H3,(H,26,27). The van der Waals surface area contributed by atoms with E-state index in [1.165, 1.54) is 0 Å². The highest BCUT2D eigenvalue weighted by Gasteiger charge is 2.04. The van der Waals surface area contributed by atoms with Crippen LogP contribution in [0.4, 0.5) is 0 Å². The number of ether oxygens (including phenoxy) is 2. The summed E-state index contributed by atoms with van der Waals surface area (Å²) < 4.78 is 11.3. The van der Waals surface area contributed by atoms with E-state index in [9.17, 15) is 4.79 Å². The summed E-state index contributed by atoms with van der Waals surface area (Å²) in [5, 5.41) is 3.97. The van der Waals surface area contributed by atoms with Gasteiger partial charge in [0.15, 0.2) is 6.61 Å². The second kappa shape index (κ2) is 10.1. The minimum absolute atomic E-state index is 0.0894. The highest BCUT2D eigenvalue weighted by Crippen LogP contribution is 2.18. The van der Waals surface area contributed by atoms with Gasteiger partial charge in [0.1, 0.15) is 18.1 Å². The van der Waals surface area contributed by atoms with Crippen molar-refractivity contribution in [2.75, 3.05) is 6.61 Å². The molecule has 0 aromatic heterocycles. The van der Waals surface area contributed by atoms with Gasteiger partial charge in [0, 0.05) is 0 Å². The Balaban J connectivity index is 1.43. The maximum atomic E-state index is 11.9. The van der Waals surface area contributed by atoms with E-state index < -0.39 is 0 Å². The lowest BCUT2D eigenvalue weighted by Gasteiger charge is -2.08. The number of benzene rings is 3. The van der Waals surface area contributed by atoms with E-state index in [0.29, 0.717) is 12.4 Å². The number of hydrazone groups is 1. The van der Waals surface area contributed by atoms with E-state index in [0.717, 1.165) is 28.0 Å². The smallest absolute Gasteiger partial charge is 0.277 e. The van der Waals surface area contributed by atoms with Crippen molar-refractivity contribution < 1.29 is 14.3 Å². The fourth-order valence-corrected chi connectivity index (χ4v) is 2.61. The summed E-state index contributed by atoms with van der Waals surface area (Å²) >= 11 is 0. The van der Waals surface area contributed by atoms with Gasteiger partial charge in [-0.15, -0.1) is 0 Å².